The number of hydrogen-bond acceptors (Lipinski definition) is 3. The Morgan fingerprint density at radius 1 is 1.08 bits per heavy atom. The quantitative estimate of drug-likeness (QED) is 0.707. The summed E-state index contributed by atoms with van der Waals surface area (Å²) in [7, 11) is 0. The third-order valence-electron chi connectivity index (χ3n) is 3.79. The van der Waals surface area contributed by atoms with Crippen LogP contribution in [0.2, 0.25) is 0 Å². The first-order valence-electron chi connectivity index (χ1n) is 7.38. The first kappa shape index (κ1) is 14.7. The van der Waals surface area contributed by atoms with Crippen molar-refractivity contribution in [1.29, 1.82) is 0 Å². The molecule has 1 aliphatic rings. The van der Waals surface area contributed by atoms with Crippen molar-refractivity contribution < 1.29 is 17.9 Å². The zero-order valence-corrected chi connectivity index (χ0v) is 12.4. The van der Waals surface area contributed by atoms with Crippen LogP contribution in [0.15, 0.2) is 48.7 Å². The SMILES string of the molecule is FC(F)(F)c1cccc(-c2ccn3nc(C4=CCCO4)nc3c2)c1. The molecule has 0 saturated heterocycles. The number of rotatable bonds is 2. The molecule has 0 atom stereocenters. The van der Waals surface area contributed by atoms with Crippen LogP contribution in [-0.2, 0) is 10.9 Å². The van der Waals surface area contributed by atoms with E-state index in [4.69, 9.17) is 4.74 Å². The van der Waals surface area contributed by atoms with Gasteiger partial charge in [0.1, 0.15) is 0 Å². The van der Waals surface area contributed by atoms with Gasteiger partial charge in [0.2, 0.25) is 5.82 Å². The molecule has 0 N–H and O–H groups in total. The second-order valence-corrected chi connectivity index (χ2v) is 5.44. The number of pyridine rings is 1. The monoisotopic (exact) mass is 331 g/mol. The zero-order valence-electron chi connectivity index (χ0n) is 12.4. The van der Waals surface area contributed by atoms with Gasteiger partial charge in [0, 0.05) is 12.6 Å². The summed E-state index contributed by atoms with van der Waals surface area (Å²) in [5.41, 5.74) is 1.00. The molecule has 0 amide bonds. The fourth-order valence-corrected chi connectivity index (χ4v) is 2.61. The smallest absolute Gasteiger partial charge is 0.416 e. The molecule has 2 aromatic heterocycles. The number of hydrogen-bond donors (Lipinski definition) is 0. The van der Waals surface area contributed by atoms with Crippen LogP contribution in [0.4, 0.5) is 13.2 Å². The molecular formula is C17H12F3N3O. The topological polar surface area (TPSA) is 39.4 Å². The highest BCUT2D eigenvalue weighted by Gasteiger charge is 2.30. The number of aromatic nitrogens is 3. The molecule has 1 aromatic carbocycles. The predicted octanol–water partition coefficient (Wildman–Crippen LogP) is 4.18. The van der Waals surface area contributed by atoms with Crippen LogP contribution < -0.4 is 0 Å². The van der Waals surface area contributed by atoms with Gasteiger partial charge in [0.25, 0.3) is 0 Å². The largest absolute Gasteiger partial charge is 0.490 e. The molecule has 0 bridgehead atoms. The second kappa shape index (κ2) is 5.36. The van der Waals surface area contributed by atoms with E-state index in [9.17, 15) is 13.2 Å². The third-order valence-corrected chi connectivity index (χ3v) is 3.79. The van der Waals surface area contributed by atoms with E-state index in [2.05, 4.69) is 10.1 Å². The van der Waals surface area contributed by atoms with Crippen molar-refractivity contribution in [2.75, 3.05) is 6.61 Å². The maximum Gasteiger partial charge on any atom is 0.416 e. The normalized spacial score (nSPS) is 14.7. The van der Waals surface area contributed by atoms with Crippen LogP contribution in [0.25, 0.3) is 22.5 Å². The number of benzene rings is 1. The van der Waals surface area contributed by atoms with Crippen LogP contribution >= 0.6 is 0 Å². The zero-order chi connectivity index (χ0) is 16.7. The Kier molecular flexibility index (Phi) is 3.30. The van der Waals surface area contributed by atoms with Gasteiger partial charge in [-0.1, -0.05) is 12.1 Å². The Labute approximate surface area is 135 Å². The van der Waals surface area contributed by atoms with Gasteiger partial charge in [-0.15, -0.1) is 5.10 Å². The average Bonchev–Trinajstić information content (AvgIpc) is 3.22. The molecule has 0 unspecified atom stereocenters. The lowest BCUT2D eigenvalue weighted by Crippen LogP contribution is -2.04. The summed E-state index contributed by atoms with van der Waals surface area (Å²) in [6.45, 7) is 0.611. The standard InChI is InChI=1S/C17H12F3N3O/c18-17(19,20)13-4-1-3-11(9-13)12-6-7-23-15(10-12)21-16(22-23)14-5-2-8-24-14/h1,3-7,9-10H,2,8H2. The van der Waals surface area contributed by atoms with Crippen LogP contribution in [-0.4, -0.2) is 21.2 Å². The molecule has 4 nitrogen and oxygen atoms in total. The maximum absolute atomic E-state index is 12.9. The number of nitrogens with zero attached hydrogens (tertiary/aromatic N) is 3. The van der Waals surface area contributed by atoms with E-state index in [1.54, 1.807) is 28.9 Å². The molecule has 122 valence electrons. The lowest BCUT2D eigenvalue weighted by Gasteiger charge is -2.08. The Bertz CT molecular complexity index is 944. The maximum atomic E-state index is 12.9. The van der Waals surface area contributed by atoms with E-state index in [-0.39, 0.29) is 0 Å². The number of ether oxygens (including phenoxy) is 1. The van der Waals surface area contributed by atoms with Crippen molar-refractivity contribution in [2.45, 2.75) is 12.6 Å². The molecule has 0 spiro atoms. The number of fused-ring (bicyclic) bond motifs is 1. The van der Waals surface area contributed by atoms with Crippen molar-refractivity contribution in [3.05, 3.63) is 60.1 Å². The van der Waals surface area contributed by atoms with E-state index in [0.717, 1.165) is 18.6 Å². The summed E-state index contributed by atoms with van der Waals surface area (Å²) in [5, 5.41) is 4.32. The minimum absolute atomic E-state index is 0.480. The minimum Gasteiger partial charge on any atom is -0.490 e. The third kappa shape index (κ3) is 2.62. The minimum atomic E-state index is -4.37. The predicted molar refractivity (Wildman–Crippen MR) is 82.0 cm³/mol. The molecule has 1 aliphatic heterocycles. The molecule has 0 radical (unpaired) electrons. The Hall–Kier alpha value is -2.83. The average molecular weight is 331 g/mol. The molecule has 3 heterocycles. The highest BCUT2D eigenvalue weighted by molar-refractivity contribution is 5.68. The van der Waals surface area contributed by atoms with Crippen LogP contribution in [0.5, 0.6) is 0 Å². The molecule has 3 aromatic rings. The number of alkyl halides is 3. The molecular weight excluding hydrogens is 319 g/mol. The molecule has 0 fully saturated rings. The van der Waals surface area contributed by atoms with E-state index in [0.29, 0.717) is 35.0 Å². The van der Waals surface area contributed by atoms with Gasteiger partial charge in [-0.2, -0.15) is 13.2 Å². The van der Waals surface area contributed by atoms with Crippen molar-refractivity contribution in [3.8, 4) is 11.1 Å². The van der Waals surface area contributed by atoms with E-state index in [1.165, 1.54) is 6.07 Å². The molecule has 4 rings (SSSR count). The Balaban J connectivity index is 1.75. The van der Waals surface area contributed by atoms with E-state index >= 15 is 0 Å². The van der Waals surface area contributed by atoms with Crippen molar-refractivity contribution in [2.24, 2.45) is 0 Å². The first-order chi connectivity index (χ1) is 11.5. The molecule has 7 heteroatoms. The highest BCUT2D eigenvalue weighted by Crippen LogP contribution is 2.32. The highest BCUT2D eigenvalue weighted by atomic mass is 19.4. The summed E-state index contributed by atoms with van der Waals surface area (Å²) >= 11 is 0. The van der Waals surface area contributed by atoms with Gasteiger partial charge in [-0.25, -0.2) is 9.50 Å². The summed E-state index contributed by atoms with van der Waals surface area (Å²) in [6, 6.07) is 8.65. The summed E-state index contributed by atoms with van der Waals surface area (Å²) in [6.07, 6.45) is 0.0498. The lowest BCUT2D eigenvalue weighted by atomic mass is 10.0. The van der Waals surface area contributed by atoms with Crippen molar-refractivity contribution in [1.82, 2.24) is 14.6 Å². The van der Waals surface area contributed by atoms with Gasteiger partial charge >= 0.3 is 6.18 Å². The Morgan fingerprint density at radius 2 is 1.92 bits per heavy atom. The van der Waals surface area contributed by atoms with Gasteiger partial charge in [0.05, 0.1) is 12.2 Å². The van der Waals surface area contributed by atoms with Crippen LogP contribution in [0.3, 0.4) is 0 Å². The van der Waals surface area contributed by atoms with Crippen molar-refractivity contribution >= 4 is 11.4 Å². The molecule has 24 heavy (non-hydrogen) atoms. The van der Waals surface area contributed by atoms with Crippen LogP contribution in [0.1, 0.15) is 17.8 Å². The fourth-order valence-electron chi connectivity index (χ4n) is 2.61. The first-order valence-corrected chi connectivity index (χ1v) is 7.38. The summed E-state index contributed by atoms with van der Waals surface area (Å²) in [4.78, 5) is 4.39. The van der Waals surface area contributed by atoms with E-state index < -0.39 is 11.7 Å². The second-order valence-electron chi connectivity index (χ2n) is 5.44. The van der Waals surface area contributed by atoms with Gasteiger partial charge in [-0.05, 0) is 41.5 Å². The van der Waals surface area contributed by atoms with Gasteiger partial charge < -0.3 is 4.74 Å². The van der Waals surface area contributed by atoms with Crippen LogP contribution in [0, 0.1) is 0 Å². The van der Waals surface area contributed by atoms with Gasteiger partial charge in [-0.3, -0.25) is 0 Å². The lowest BCUT2D eigenvalue weighted by molar-refractivity contribution is -0.137. The Morgan fingerprint density at radius 3 is 2.67 bits per heavy atom. The summed E-state index contributed by atoms with van der Waals surface area (Å²) < 4.78 is 45.6. The number of halogens is 3. The molecule has 0 saturated carbocycles. The summed E-state index contributed by atoms with van der Waals surface area (Å²) in [5.74, 6) is 1.12. The van der Waals surface area contributed by atoms with Crippen molar-refractivity contribution in [3.63, 3.8) is 0 Å². The van der Waals surface area contributed by atoms with Gasteiger partial charge in [0.15, 0.2) is 11.4 Å². The fraction of sp³-hybridized carbons (Fsp3) is 0.176. The molecule has 0 aliphatic carbocycles. The van der Waals surface area contributed by atoms with E-state index in [1.807, 2.05) is 6.08 Å².